The topological polar surface area (TPSA) is 217 Å². The number of primary amides is 2. The molecule has 212 valence electrons. The summed E-state index contributed by atoms with van der Waals surface area (Å²) in [7, 11) is 0. The van der Waals surface area contributed by atoms with E-state index in [-0.39, 0.29) is 51.1 Å². The van der Waals surface area contributed by atoms with Crippen LogP contribution in [-0.4, -0.2) is 83.7 Å². The van der Waals surface area contributed by atoms with E-state index in [4.69, 9.17) is 31.8 Å². The summed E-state index contributed by atoms with van der Waals surface area (Å²) in [5.74, 6) is -2.63. The van der Waals surface area contributed by atoms with Crippen LogP contribution < -0.4 is 22.1 Å². The minimum atomic E-state index is -1.41. The summed E-state index contributed by atoms with van der Waals surface area (Å²) in [4.78, 5) is 51.0. The van der Waals surface area contributed by atoms with Crippen molar-refractivity contribution in [2.45, 2.75) is 25.3 Å². The molecule has 0 aromatic heterocycles. The summed E-state index contributed by atoms with van der Waals surface area (Å²) in [6.07, 6.45) is -1.45. The minimum Gasteiger partial charge on any atom is -0.445 e. The second kappa shape index (κ2) is 14.1. The summed E-state index contributed by atoms with van der Waals surface area (Å²) < 4.78 is 10.3. The number of amides is 4. The third kappa shape index (κ3) is 7.93. The molecule has 14 heteroatoms. The smallest absolute Gasteiger partial charge is 0.407 e. The first-order chi connectivity index (χ1) is 19.2. The zero-order chi connectivity index (χ0) is 29.1. The van der Waals surface area contributed by atoms with Gasteiger partial charge in [0.2, 0.25) is 11.8 Å². The van der Waals surface area contributed by atoms with E-state index in [9.17, 15) is 19.2 Å². The minimum absolute atomic E-state index is 0.0489. The van der Waals surface area contributed by atoms with Crippen LogP contribution in [0.15, 0.2) is 60.7 Å². The van der Waals surface area contributed by atoms with Gasteiger partial charge >= 0.3 is 12.2 Å². The third-order valence-corrected chi connectivity index (χ3v) is 5.97. The highest BCUT2D eigenvalue weighted by molar-refractivity contribution is 6.17. The van der Waals surface area contributed by atoms with E-state index in [1.54, 1.807) is 24.3 Å². The second-order valence-corrected chi connectivity index (χ2v) is 8.74. The average molecular weight is 553 g/mol. The largest absolute Gasteiger partial charge is 0.445 e. The fourth-order valence-corrected chi connectivity index (χ4v) is 4.07. The maximum Gasteiger partial charge on any atom is 0.407 e. The third-order valence-electron chi connectivity index (χ3n) is 5.97. The quantitative estimate of drug-likeness (QED) is 0.212. The van der Waals surface area contributed by atoms with Crippen LogP contribution in [0.25, 0.3) is 0 Å². The van der Waals surface area contributed by atoms with Crippen LogP contribution in [0.3, 0.4) is 0 Å². The van der Waals surface area contributed by atoms with Gasteiger partial charge in [-0.25, -0.2) is 9.59 Å². The molecule has 0 radical (unpaired) electrons. The number of piperazine rings is 1. The molecule has 2 atom stereocenters. The second-order valence-electron chi connectivity index (χ2n) is 8.74. The SMILES string of the molecule is N=C1C(C(N)=O)N(CCNC(=O)OCc2ccccc2)C(=N)C(C(N)=O)N1CCNC(=O)OCc1ccccc1. The van der Waals surface area contributed by atoms with Gasteiger partial charge in [0.15, 0.2) is 12.1 Å². The maximum absolute atomic E-state index is 12.3. The van der Waals surface area contributed by atoms with E-state index in [1.807, 2.05) is 36.4 Å². The van der Waals surface area contributed by atoms with Crippen LogP contribution >= 0.6 is 0 Å². The van der Waals surface area contributed by atoms with Gasteiger partial charge in [-0.05, 0) is 11.1 Å². The Labute approximate surface area is 230 Å². The monoisotopic (exact) mass is 552 g/mol. The molecule has 3 rings (SSSR count). The molecule has 0 spiro atoms. The predicted molar refractivity (Wildman–Crippen MR) is 144 cm³/mol. The Kier molecular flexibility index (Phi) is 10.4. The first-order valence-electron chi connectivity index (χ1n) is 12.4. The number of carbonyl (C=O) groups excluding carboxylic acids is 4. The summed E-state index contributed by atoms with van der Waals surface area (Å²) in [5.41, 5.74) is 12.7. The number of benzene rings is 2. The zero-order valence-electron chi connectivity index (χ0n) is 21.7. The highest BCUT2D eigenvalue weighted by atomic mass is 16.6. The van der Waals surface area contributed by atoms with Crippen molar-refractivity contribution in [3.63, 3.8) is 0 Å². The molecule has 1 aliphatic rings. The van der Waals surface area contributed by atoms with Gasteiger partial charge in [-0.3, -0.25) is 20.4 Å². The molecule has 0 bridgehead atoms. The maximum atomic E-state index is 12.3. The van der Waals surface area contributed by atoms with E-state index in [0.717, 1.165) is 20.9 Å². The molecule has 1 saturated heterocycles. The molecule has 2 aromatic carbocycles. The van der Waals surface area contributed by atoms with Crippen LogP contribution in [0, 0.1) is 10.8 Å². The van der Waals surface area contributed by atoms with Gasteiger partial charge in [-0.2, -0.15) is 0 Å². The summed E-state index contributed by atoms with van der Waals surface area (Å²) in [6, 6.07) is 15.3. The Balaban J connectivity index is 1.56. The Hall–Kier alpha value is -5.14. The number of hydrogen-bond donors (Lipinski definition) is 6. The van der Waals surface area contributed by atoms with Crippen molar-refractivity contribution in [3.05, 3.63) is 71.8 Å². The number of alkyl carbamates (subject to hydrolysis) is 2. The van der Waals surface area contributed by atoms with Crippen molar-refractivity contribution in [1.82, 2.24) is 20.4 Å². The van der Waals surface area contributed by atoms with Crippen LogP contribution in [0.1, 0.15) is 11.1 Å². The van der Waals surface area contributed by atoms with Crippen LogP contribution in [0.2, 0.25) is 0 Å². The zero-order valence-corrected chi connectivity index (χ0v) is 21.7. The lowest BCUT2D eigenvalue weighted by molar-refractivity contribution is -0.123. The van der Waals surface area contributed by atoms with Crippen molar-refractivity contribution in [3.8, 4) is 0 Å². The molecular weight excluding hydrogens is 520 g/mol. The highest BCUT2D eigenvalue weighted by Gasteiger charge is 2.46. The van der Waals surface area contributed by atoms with E-state index < -0.39 is 36.1 Å². The standard InChI is InChI=1S/C26H32N8O6/c27-21-20(24(30)36)34(14-12-32-26(38)40-16-18-9-5-2-6-10-18)22(28)19(23(29)35)33(21)13-11-31-25(37)39-15-17-7-3-1-4-8-17/h1-10,19-20,27-28H,11-16H2,(H2,29,35)(H2,30,36)(H,31,37)(H,32,38). The fourth-order valence-electron chi connectivity index (χ4n) is 4.07. The van der Waals surface area contributed by atoms with Gasteiger partial charge in [-0.1, -0.05) is 60.7 Å². The Morgan fingerprint density at radius 1 is 0.675 bits per heavy atom. The normalized spacial score (nSPS) is 16.7. The Morgan fingerprint density at radius 2 is 1.02 bits per heavy atom. The van der Waals surface area contributed by atoms with E-state index >= 15 is 0 Å². The fraction of sp³-hybridized carbons (Fsp3) is 0.308. The molecule has 1 aliphatic heterocycles. The molecule has 0 aliphatic carbocycles. The number of rotatable bonds is 12. The number of ether oxygens (including phenoxy) is 2. The molecule has 2 aromatic rings. The molecule has 40 heavy (non-hydrogen) atoms. The summed E-state index contributed by atoms with van der Waals surface area (Å²) >= 11 is 0. The van der Waals surface area contributed by atoms with Gasteiger partial charge in [0.05, 0.1) is 0 Å². The summed E-state index contributed by atoms with van der Waals surface area (Å²) in [5, 5.41) is 22.1. The van der Waals surface area contributed by atoms with E-state index in [2.05, 4.69) is 10.6 Å². The Morgan fingerprint density at radius 3 is 1.35 bits per heavy atom. The van der Waals surface area contributed by atoms with Gasteiger partial charge in [0, 0.05) is 26.2 Å². The molecule has 4 amide bonds. The van der Waals surface area contributed by atoms with E-state index in [1.165, 1.54) is 0 Å². The Bertz CT molecular complexity index is 1130. The number of nitrogens with zero attached hydrogens (tertiary/aromatic N) is 2. The molecule has 1 heterocycles. The first kappa shape index (κ1) is 29.4. The van der Waals surface area contributed by atoms with Crippen molar-refractivity contribution in [2.75, 3.05) is 26.2 Å². The van der Waals surface area contributed by atoms with Gasteiger partial charge in [-0.15, -0.1) is 0 Å². The molecule has 14 nitrogen and oxygen atoms in total. The highest BCUT2D eigenvalue weighted by Crippen LogP contribution is 2.19. The lowest BCUT2D eigenvalue weighted by Crippen LogP contribution is -2.71. The number of amidine groups is 2. The van der Waals surface area contributed by atoms with Gasteiger partial charge in [0.1, 0.15) is 24.9 Å². The average Bonchev–Trinajstić information content (AvgIpc) is 2.93. The predicted octanol–water partition coefficient (Wildman–Crippen LogP) is 0.119. The summed E-state index contributed by atoms with van der Waals surface area (Å²) in [6.45, 7) is -0.310. The lowest BCUT2D eigenvalue weighted by Gasteiger charge is -2.46. The first-order valence-corrected chi connectivity index (χ1v) is 12.4. The number of carbonyl (C=O) groups is 4. The lowest BCUT2D eigenvalue weighted by atomic mass is 10.0. The van der Waals surface area contributed by atoms with Gasteiger partial charge < -0.3 is 41.4 Å². The number of nitrogens with one attached hydrogen (secondary N) is 4. The van der Waals surface area contributed by atoms with Crippen LogP contribution in [0.5, 0.6) is 0 Å². The number of nitrogens with two attached hydrogens (primary N) is 2. The number of hydrogen-bond acceptors (Lipinski definition) is 8. The van der Waals surface area contributed by atoms with Crippen molar-refractivity contribution < 1.29 is 28.7 Å². The molecular formula is C26H32N8O6. The van der Waals surface area contributed by atoms with E-state index in [0.29, 0.717) is 0 Å². The molecule has 8 N–H and O–H groups in total. The van der Waals surface area contributed by atoms with Gasteiger partial charge in [0.25, 0.3) is 0 Å². The molecule has 2 unspecified atom stereocenters. The van der Waals surface area contributed by atoms with Crippen molar-refractivity contribution in [2.24, 2.45) is 11.5 Å². The van der Waals surface area contributed by atoms with Crippen molar-refractivity contribution in [1.29, 1.82) is 10.8 Å². The van der Waals surface area contributed by atoms with Crippen LogP contribution in [0.4, 0.5) is 9.59 Å². The van der Waals surface area contributed by atoms with Crippen molar-refractivity contribution >= 4 is 35.7 Å². The molecule has 1 fully saturated rings. The van der Waals surface area contributed by atoms with Crippen LogP contribution in [-0.2, 0) is 32.3 Å². The molecule has 0 saturated carbocycles.